The van der Waals surface area contributed by atoms with Crippen molar-refractivity contribution in [1.82, 2.24) is 15.2 Å². The molecular weight excluding hydrogens is 426 g/mol. The molecule has 1 N–H and O–H groups in total. The smallest absolute Gasteiger partial charge is 0.254 e. The Morgan fingerprint density at radius 2 is 1.79 bits per heavy atom. The zero-order valence-electron chi connectivity index (χ0n) is 19.4. The summed E-state index contributed by atoms with van der Waals surface area (Å²) >= 11 is 0. The van der Waals surface area contributed by atoms with Crippen LogP contribution in [0, 0.1) is 6.92 Å². The normalized spacial score (nSPS) is 18.5. The van der Waals surface area contributed by atoms with E-state index >= 15 is 0 Å². The second-order valence-corrected chi connectivity index (χ2v) is 9.20. The van der Waals surface area contributed by atoms with Gasteiger partial charge in [-0.15, -0.1) is 0 Å². The fraction of sp³-hybridized carbons (Fsp3) is 0.321. The number of fused-ring (bicyclic) bond motifs is 2. The van der Waals surface area contributed by atoms with Gasteiger partial charge >= 0.3 is 0 Å². The van der Waals surface area contributed by atoms with E-state index in [4.69, 9.17) is 4.74 Å². The molecule has 34 heavy (non-hydrogen) atoms. The van der Waals surface area contributed by atoms with Crippen LogP contribution in [0.25, 0.3) is 0 Å². The van der Waals surface area contributed by atoms with Crippen LogP contribution in [0.15, 0.2) is 73.1 Å². The summed E-state index contributed by atoms with van der Waals surface area (Å²) in [5.41, 5.74) is 4.62. The van der Waals surface area contributed by atoms with Gasteiger partial charge in [-0.25, -0.2) is 0 Å². The second-order valence-electron chi connectivity index (χ2n) is 9.20. The van der Waals surface area contributed by atoms with Crippen molar-refractivity contribution < 1.29 is 14.3 Å². The molecule has 0 radical (unpaired) electrons. The van der Waals surface area contributed by atoms with Gasteiger partial charge < -0.3 is 15.0 Å². The summed E-state index contributed by atoms with van der Waals surface area (Å²) in [6.45, 7) is 3.68. The van der Waals surface area contributed by atoms with Crippen molar-refractivity contribution >= 4 is 11.8 Å². The minimum atomic E-state index is -0.650. The Hall–Kier alpha value is -3.51. The lowest BCUT2D eigenvalue weighted by Gasteiger charge is -2.39. The van der Waals surface area contributed by atoms with Crippen molar-refractivity contribution in [3.05, 3.63) is 101 Å². The number of carbonyl (C=O) groups excluding carboxylic acids is 2. The number of piperidine rings is 1. The highest BCUT2D eigenvalue weighted by Gasteiger charge is 2.49. The quantitative estimate of drug-likeness (QED) is 0.635. The first kappa shape index (κ1) is 22.3. The van der Waals surface area contributed by atoms with Gasteiger partial charge in [-0.2, -0.15) is 0 Å². The van der Waals surface area contributed by atoms with Gasteiger partial charge in [-0.05, 0) is 48.1 Å². The van der Waals surface area contributed by atoms with Gasteiger partial charge in [0.1, 0.15) is 0 Å². The largest absolute Gasteiger partial charge is 0.352 e. The number of pyridine rings is 1. The zero-order chi connectivity index (χ0) is 23.5. The maximum Gasteiger partial charge on any atom is 0.254 e. The number of hydrogen-bond acceptors (Lipinski definition) is 4. The minimum absolute atomic E-state index is 0.135. The molecule has 174 valence electrons. The molecule has 2 aromatic carbocycles. The van der Waals surface area contributed by atoms with Crippen molar-refractivity contribution in [2.24, 2.45) is 0 Å². The molecule has 2 aliphatic heterocycles. The Balaban J connectivity index is 1.25. The average Bonchev–Trinajstić information content (AvgIpc) is 3.19. The molecule has 6 heteroatoms. The summed E-state index contributed by atoms with van der Waals surface area (Å²) in [5.74, 6) is -0.0122. The van der Waals surface area contributed by atoms with E-state index in [2.05, 4.69) is 16.4 Å². The molecule has 1 aromatic heterocycles. The number of hydrogen-bond donors (Lipinski definition) is 1. The van der Waals surface area contributed by atoms with E-state index in [0.29, 0.717) is 38.9 Å². The molecule has 1 fully saturated rings. The van der Waals surface area contributed by atoms with Crippen molar-refractivity contribution in [3.63, 3.8) is 0 Å². The van der Waals surface area contributed by atoms with Gasteiger partial charge in [0.05, 0.1) is 12.0 Å². The van der Waals surface area contributed by atoms with E-state index in [1.807, 2.05) is 66.4 Å². The number of benzene rings is 2. The van der Waals surface area contributed by atoms with E-state index in [1.165, 1.54) is 5.56 Å². The van der Waals surface area contributed by atoms with E-state index in [9.17, 15) is 9.59 Å². The van der Waals surface area contributed by atoms with Crippen molar-refractivity contribution in [2.75, 3.05) is 13.1 Å². The fourth-order valence-electron chi connectivity index (χ4n) is 4.97. The van der Waals surface area contributed by atoms with Crippen LogP contribution in [0.4, 0.5) is 0 Å². The molecular formula is C28H29N3O3. The van der Waals surface area contributed by atoms with Crippen LogP contribution < -0.4 is 5.32 Å². The molecule has 3 aromatic rings. The standard InChI is InChI=1S/C28H29N3O3/c1-20-8-10-21(11-9-20)17-25(32)31-15-12-28(13-16-31)24-7-3-2-6-23(24)26(34-28)27(33)30-19-22-5-4-14-29-18-22/h2-11,14,18,26H,12-13,15-17,19H2,1H3,(H,30,33)/t26-/m1/s1. The molecule has 2 amide bonds. The lowest BCUT2D eigenvalue weighted by Crippen LogP contribution is -2.46. The molecule has 1 saturated heterocycles. The Bertz CT molecular complexity index is 1170. The highest BCUT2D eigenvalue weighted by molar-refractivity contribution is 5.84. The van der Waals surface area contributed by atoms with Crippen LogP contribution in [0.5, 0.6) is 0 Å². The third kappa shape index (κ3) is 4.46. The van der Waals surface area contributed by atoms with Gasteiger partial charge in [0.2, 0.25) is 5.91 Å². The molecule has 0 aliphatic carbocycles. The summed E-state index contributed by atoms with van der Waals surface area (Å²) in [6.07, 6.45) is 4.57. The Morgan fingerprint density at radius 1 is 1.03 bits per heavy atom. The zero-order valence-corrected chi connectivity index (χ0v) is 19.4. The number of likely N-dealkylation sites (tertiary alicyclic amines) is 1. The third-order valence-electron chi connectivity index (χ3n) is 6.91. The average molecular weight is 456 g/mol. The first-order valence-electron chi connectivity index (χ1n) is 11.8. The summed E-state index contributed by atoms with van der Waals surface area (Å²) < 4.78 is 6.50. The predicted octanol–water partition coefficient (Wildman–Crippen LogP) is 3.84. The molecule has 3 heterocycles. The number of carbonyl (C=O) groups is 2. The van der Waals surface area contributed by atoms with Crippen LogP contribution in [0.3, 0.4) is 0 Å². The highest BCUT2D eigenvalue weighted by atomic mass is 16.5. The molecule has 6 nitrogen and oxygen atoms in total. The first-order valence-corrected chi connectivity index (χ1v) is 11.8. The maximum absolute atomic E-state index is 13.1. The topological polar surface area (TPSA) is 71.5 Å². The minimum Gasteiger partial charge on any atom is -0.352 e. The third-order valence-corrected chi connectivity index (χ3v) is 6.91. The monoisotopic (exact) mass is 455 g/mol. The van der Waals surface area contributed by atoms with Crippen LogP contribution in [0.1, 0.15) is 46.8 Å². The molecule has 5 rings (SSSR count). The second kappa shape index (κ2) is 9.39. The van der Waals surface area contributed by atoms with Crippen LogP contribution in [-0.2, 0) is 32.9 Å². The van der Waals surface area contributed by atoms with Gasteiger partial charge in [-0.1, -0.05) is 60.2 Å². The van der Waals surface area contributed by atoms with E-state index in [-0.39, 0.29) is 11.8 Å². The number of aromatic nitrogens is 1. The van der Waals surface area contributed by atoms with Gasteiger partial charge in [-0.3, -0.25) is 14.6 Å². The number of amides is 2. The number of rotatable bonds is 5. The van der Waals surface area contributed by atoms with Crippen molar-refractivity contribution in [1.29, 1.82) is 0 Å². The van der Waals surface area contributed by atoms with E-state index in [1.54, 1.807) is 12.4 Å². The highest BCUT2D eigenvalue weighted by Crippen LogP contribution is 2.49. The van der Waals surface area contributed by atoms with Crippen molar-refractivity contribution in [3.8, 4) is 0 Å². The molecule has 1 atom stereocenters. The first-order chi connectivity index (χ1) is 16.5. The Kier molecular flexibility index (Phi) is 6.16. The summed E-state index contributed by atoms with van der Waals surface area (Å²) in [7, 11) is 0. The summed E-state index contributed by atoms with van der Waals surface area (Å²) in [4.78, 5) is 32.0. The van der Waals surface area contributed by atoms with E-state index in [0.717, 1.165) is 22.3 Å². The molecule has 2 aliphatic rings. The molecule has 0 unspecified atom stereocenters. The van der Waals surface area contributed by atoms with Crippen molar-refractivity contribution in [2.45, 2.75) is 44.4 Å². The fourth-order valence-corrected chi connectivity index (χ4v) is 4.97. The maximum atomic E-state index is 13.1. The lowest BCUT2D eigenvalue weighted by atomic mass is 9.83. The number of nitrogens with zero attached hydrogens (tertiary/aromatic N) is 2. The Morgan fingerprint density at radius 3 is 2.53 bits per heavy atom. The molecule has 0 bridgehead atoms. The van der Waals surface area contributed by atoms with Crippen LogP contribution in [0.2, 0.25) is 0 Å². The SMILES string of the molecule is Cc1ccc(CC(=O)N2CCC3(CC2)O[C@@H](C(=O)NCc2cccnc2)c2ccccc23)cc1. The predicted molar refractivity (Wildman–Crippen MR) is 129 cm³/mol. The van der Waals surface area contributed by atoms with E-state index < -0.39 is 11.7 Å². The van der Waals surface area contributed by atoms with Gasteiger partial charge in [0, 0.05) is 32.0 Å². The van der Waals surface area contributed by atoms with Crippen LogP contribution >= 0.6 is 0 Å². The molecule has 1 spiro atoms. The molecule has 0 saturated carbocycles. The number of nitrogens with one attached hydrogen (secondary N) is 1. The summed E-state index contributed by atoms with van der Waals surface area (Å²) in [6, 6.07) is 19.9. The number of aryl methyl sites for hydroxylation is 1. The van der Waals surface area contributed by atoms with Gasteiger partial charge in [0.25, 0.3) is 5.91 Å². The Labute approximate surface area is 200 Å². The lowest BCUT2D eigenvalue weighted by molar-refractivity contribution is -0.155. The summed E-state index contributed by atoms with van der Waals surface area (Å²) in [5, 5.41) is 2.99. The van der Waals surface area contributed by atoms with Gasteiger partial charge in [0.15, 0.2) is 6.10 Å². The van der Waals surface area contributed by atoms with Crippen LogP contribution in [-0.4, -0.2) is 34.8 Å². The number of ether oxygens (including phenoxy) is 1.